The minimum Gasteiger partial charge on any atom is -0.497 e. The Hall–Kier alpha value is -2.33. The lowest BCUT2D eigenvalue weighted by atomic mass is 9.87. The van der Waals surface area contributed by atoms with E-state index in [1.807, 2.05) is 18.2 Å². The molecule has 4 heteroatoms. The number of methoxy groups -OCH3 is 1. The van der Waals surface area contributed by atoms with Crippen LogP contribution in [-0.4, -0.2) is 25.2 Å². The number of carbonyl (C=O) groups excluding carboxylic acids is 1. The second-order valence-corrected chi connectivity index (χ2v) is 4.82. The number of anilines is 1. The van der Waals surface area contributed by atoms with E-state index in [2.05, 4.69) is 0 Å². The highest BCUT2D eigenvalue weighted by atomic mass is 16.5. The van der Waals surface area contributed by atoms with Crippen LogP contribution in [0.15, 0.2) is 48.5 Å². The third-order valence-corrected chi connectivity index (χ3v) is 3.76. The molecule has 102 valence electrons. The normalized spacial score (nSPS) is 20.9. The summed E-state index contributed by atoms with van der Waals surface area (Å²) in [5.41, 5.74) is 0.191. The van der Waals surface area contributed by atoms with Crippen LogP contribution in [0.3, 0.4) is 0 Å². The summed E-state index contributed by atoms with van der Waals surface area (Å²) < 4.78 is 5.18. The van der Waals surface area contributed by atoms with E-state index in [1.165, 1.54) is 4.90 Å². The summed E-state index contributed by atoms with van der Waals surface area (Å²) >= 11 is 0. The summed E-state index contributed by atoms with van der Waals surface area (Å²) in [4.78, 5) is 14.0. The second kappa shape index (κ2) is 4.35. The Morgan fingerprint density at radius 1 is 1.15 bits per heavy atom. The molecule has 0 spiro atoms. The summed E-state index contributed by atoms with van der Waals surface area (Å²) in [6.45, 7) is 0. The van der Waals surface area contributed by atoms with Crippen LogP contribution in [0.5, 0.6) is 5.75 Å². The zero-order valence-corrected chi connectivity index (χ0v) is 11.3. The molecule has 0 saturated carbocycles. The molecular weight excluding hydrogens is 254 g/mol. The lowest BCUT2D eigenvalue weighted by Crippen LogP contribution is -2.39. The number of amides is 1. The van der Waals surface area contributed by atoms with Crippen LogP contribution < -0.4 is 9.64 Å². The van der Waals surface area contributed by atoms with Gasteiger partial charge in [-0.1, -0.05) is 30.3 Å². The molecule has 0 radical (unpaired) electrons. The Kier molecular flexibility index (Phi) is 2.76. The molecule has 2 aromatic carbocycles. The number of nitrogens with zero attached hydrogens (tertiary/aromatic N) is 1. The zero-order chi connectivity index (χ0) is 14.3. The Morgan fingerprint density at radius 3 is 2.50 bits per heavy atom. The molecule has 1 aliphatic rings. The van der Waals surface area contributed by atoms with Crippen LogP contribution in [0.4, 0.5) is 5.69 Å². The number of carbonyl (C=O) groups is 1. The topological polar surface area (TPSA) is 49.8 Å². The van der Waals surface area contributed by atoms with Crippen molar-refractivity contribution >= 4 is 11.6 Å². The molecule has 1 atom stereocenters. The van der Waals surface area contributed by atoms with Gasteiger partial charge in [0, 0.05) is 18.7 Å². The lowest BCUT2D eigenvalue weighted by molar-refractivity contribution is -0.131. The minimum atomic E-state index is -1.63. The lowest BCUT2D eigenvalue weighted by Gasteiger charge is -2.22. The molecule has 1 heterocycles. The number of likely N-dealkylation sites (N-methyl/N-ethyl adjacent to an activating group) is 1. The fourth-order valence-electron chi connectivity index (χ4n) is 2.65. The van der Waals surface area contributed by atoms with Crippen molar-refractivity contribution in [2.45, 2.75) is 5.60 Å². The van der Waals surface area contributed by atoms with E-state index in [0.29, 0.717) is 22.6 Å². The van der Waals surface area contributed by atoms with Gasteiger partial charge in [-0.3, -0.25) is 4.79 Å². The molecule has 0 bridgehead atoms. The van der Waals surface area contributed by atoms with Gasteiger partial charge in [-0.05, 0) is 17.7 Å². The van der Waals surface area contributed by atoms with Gasteiger partial charge in [-0.15, -0.1) is 0 Å². The molecule has 1 amide bonds. The SMILES string of the molecule is COc1ccc2c(c1)N(C)C(=O)C2(O)c1ccccc1. The molecule has 0 fully saturated rings. The van der Waals surface area contributed by atoms with Crippen molar-refractivity contribution in [2.24, 2.45) is 0 Å². The predicted octanol–water partition coefficient (Wildman–Crippen LogP) is 1.91. The third-order valence-electron chi connectivity index (χ3n) is 3.76. The molecule has 0 aliphatic carbocycles. The number of benzene rings is 2. The van der Waals surface area contributed by atoms with E-state index in [9.17, 15) is 9.90 Å². The zero-order valence-electron chi connectivity index (χ0n) is 11.3. The Balaban J connectivity index is 2.23. The number of rotatable bonds is 2. The van der Waals surface area contributed by atoms with Gasteiger partial charge in [-0.25, -0.2) is 0 Å². The molecule has 1 N–H and O–H groups in total. The number of fused-ring (bicyclic) bond motifs is 1. The molecule has 0 saturated heterocycles. The van der Waals surface area contributed by atoms with Crippen molar-refractivity contribution in [1.29, 1.82) is 0 Å². The molecule has 1 unspecified atom stereocenters. The van der Waals surface area contributed by atoms with E-state index < -0.39 is 5.60 Å². The maximum absolute atomic E-state index is 12.5. The number of ether oxygens (including phenoxy) is 1. The second-order valence-electron chi connectivity index (χ2n) is 4.82. The maximum atomic E-state index is 12.5. The molecule has 20 heavy (non-hydrogen) atoms. The van der Waals surface area contributed by atoms with Gasteiger partial charge in [0.2, 0.25) is 0 Å². The first-order valence-corrected chi connectivity index (χ1v) is 6.33. The van der Waals surface area contributed by atoms with Gasteiger partial charge in [0.15, 0.2) is 5.60 Å². The van der Waals surface area contributed by atoms with E-state index in [-0.39, 0.29) is 5.91 Å². The van der Waals surface area contributed by atoms with Crippen molar-refractivity contribution in [2.75, 3.05) is 19.1 Å². The fraction of sp³-hybridized carbons (Fsp3) is 0.188. The number of hydrogen-bond acceptors (Lipinski definition) is 3. The summed E-state index contributed by atoms with van der Waals surface area (Å²) in [5.74, 6) is 0.299. The first kappa shape index (κ1) is 12.7. The van der Waals surface area contributed by atoms with Crippen LogP contribution in [0.2, 0.25) is 0 Å². The van der Waals surface area contributed by atoms with Crippen LogP contribution in [0.25, 0.3) is 0 Å². The number of aliphatic hydroxyl groups is 1. The van der Waals surface area contributed by atoms with E-state index in [0.717, 1.165) is 0 Å². The van der Waals surface area contributed by atoms with Crippen molar-refractivity contribution < 1.29 is 14.6 Å². The summed E-state index contributed by atoms with van der Waals surface area (Å²) in [5, 5.41) is 11.0. The van der Waals surface area contributed by atoms with Crippen LogP contribution in [0, 0.1) is 0 Å². The van der Waals surface area contributed by atoms with Gasteiger partial charge in [0.05, 0.1) is 12.8 Å². The smallest absolute Gasteiger partial charge is 0.268 e. The molecule has 4 nitrogen and oxygen atoms in total. The molecule has 0 aromatic heterocycles. The van der Waals surface area contributed by atoms with E-state index in [1.54, 1.807) is 44.5 Å². The van der Waals surface area contributed by atoms with Crippen molar-refractivity contribution in [3.05, 3.63) is 59.7 Å². The monoisotopic (exact) mass is 269 g/mol. The first-order chi connectivity index (χ1) is 9.59. The van der Waals surface area contributed by atoms with Crippen LogP contribution in [-0.2, 0) is 10.4 Å². The first-order valence-electron chi connectivity index (χ1n) is 6.33. The maximum Gasteiger partial charge on any atom is 0.268 e. The molecule has 3 rings (SSSR count). The van der Waals surface area contributed by atoms with E-state index in [4.69, 9.17) is 4.74 Å². The quantitative estimate of drug-likeness (QED) is 0.906. The molecule has 1 aliphatic heterocycles. The standard InChI is InChI=1S/C16H15NO3/c1-17-14-10-12(20-2)8-9-13(14)16(19,15(17)18)11-6-4-3-5-7-11/h3-10,19H,1-2H3. The van der Waals surface area contributed by atoms with Crippen LogP contribution >= 0.6 is 0 Å². The Bertz CT molecular complexity index is 669. The highest BCUT2D eigenvalue weighted by molar-refractivity contribution is 6.08. The Morgan fingerprint density at radius 2 is 1.85 bits per heavy atom. The van der Waals surface area contributed by atoms with Crippen LogP contribution in [0.1, 0.15) is 11.1 Å². The predicted molar refractivity (Wildman–Crippen MR) is 75.8 cm³/mol. The van der Waals surface area contributed by atoms with Crippen molar-refractivity contribution in [3.8, 4) is 5.75 Å². The molecular formula is C16H15NO3. The molecule has 2 aromatic rings. The van der Waals surface area contributed by atoms with Crippen molar-refractivity contribution in [3.63, 3.8) is 0 Å². The summed E-state index contributed by atoms with van der Waals surface area (Å²) in [7, 11) is 3.23. The van der Waals surface area contributed by atoms with E-state index >= 15 is 0 Å². The minimum absolute atomic E-state index is 0.355. The third kappa shape index (κ3) is 1.55. The highest BCUT2D eigenvalue weighted by Crippen LogP contribution is 2.44. The largest absolute Gasteiger partial charge is 0.497 e. The summed E-state index contributed by atoms with van der Waals surface area (Å²) in [6.07, 6.45) is 0. The van der Waals surface area contributed by atoms with Gasteiger partial charge in [-0.2, -0.15) is 0 Å². The highest BCUT2D eigenvalue weighted by Gasteiger charge is 2.49. The van der Waals surface area contributed by atoms with Gasteiger partial charge in [0.25, 0.3) is 5.91 Å². The fourth-order valence-corrected chi connectivity index (χ4v) is 2.65. The number of hydrogen-bond donors (Lipinski definition) is 1. The Labute approximate surface area is 117 Å². The average molecular weight is 269 g/mol. The average Bonchev–Trinajstić information content (AvgIpc) is 2.70. The van der Waals surface area contributed by atoms with Gasteiger partial charge < -0.3 is 14.7 Å². The van der Waals surface area contributed by atoms with Gasteiger partial charge in [0.1, 0.15) is 5.75 Å². The van der Waals surface area contributed by atoms with Gasteiger partial charge >= 0.3 is 0 Å². The van der Waals surface area contributed by atoms with Crippen molar-refractivity contribution in [1.82, 2.24) is 0 Å². The summed E-state index contributed by atoms with van der Waals surface area (Å²) in [6, 6.07) is 14.2.